The minimum Gasteiger partial charge on any atom is -0.377 e. The molecule has 0 saturated carbocycles. The molecule has 0 spiro atoms. The molecule has 0 radical (unpaired) electrons. The Kier molecular flexibility index (Phi) is 8.08. The predicted octanol–water partition coefficient (Wildman–Crippen LogP) is 0.304. The summed E-state index contributed by atoms with van der Waals surface area (Å²) in [4.78, 5) is 22.6. The highest BCUT2D eigenvalue weighted by Crippen LogP contribution is 2.10. The predicted molar refractivity (Wildman–Crippen MR) is 80.3 cm³/mol. The smallest absolute Gasteiger partial charge is 0.239 e. The van der Waals surface area contributed by atoms with Crippen LogP contribution in [0.4, 0.5) is 0 Å². The molecule has 0 aliphatic rings. The lowest BCUT2D eigenvalue weighted by molar-refractivity contribution is -0.125. The van der Waals surface area contributed by atoms with E-state index in [1.54, 1.807) is 0 Å². The van der Waals surface area contributed by atoms with Crippen molar-refractivity contribution in [1.82, 2.24) is 10.6 Å². The van der Waals surface area contributed by atoms with Crippen LogP contribution in [0.1, 0.15) is 24.5 Å². The molecule has 0 unspecified atom stereocenters. The van der Waals surface area contributed by atoms with Gasteiger partial charge in [-0.1, -0.05) is 31.2 Å². The number of amides is 2. The van der Waals surface area contributed by atoms with E-state index >= 15 is 0 Å². The SMILES string of the molecule is CCCOCc1ccccc1CNC(=O)CNC(=O)CN. The Hall–Kier alpha value is -1.92. The first-order valence-electron chi connectivity index (χ1n) is 7.05. The third-order valence-electron chi connectivity index (χ3n) is 2.83. The molecule has 0 fully saturated rings. The van der Waals surface area contributed by atoms with Crippen LogP contribution in [0, 0.1) is 0 Å². The topological polar surface area (TPSA) is 93.5 Å². The maximum atomic E-state index is 11.6. The lowest BCUT2D eigenvalue weighted by Gasteiger charge is -2.11. The average Bonchev–Trinajstić information content (AvgIpc) is 2.51. The number of carbonyl (C=O) groups excluding carboxylic acids is 2. The van der Waals surface area contributed by atoms with E-state index < -0.39 is 0 Å². The van der Waals surface area contributed by atoms with E-state index in [-0.39, 0.29) is 24.9 Å². The minimum atomic E-state index is -0.349. The van der Waals surface area contributed by atoms with Crippen molar-refractivity contribution in [3.8, 4) is 0 Å². The molecule has 1 rings (SSSR count). The van der Waals surface area contributed by atoms with Crippen LogP contribution < -0.4 is 16.4 Å². The molecule has 21 heavy (non-hydrogen) atoms. The second-order valence-corrected chi connectivity index (χ2v) is 4.58. The first-order chi connectivity index (χ1) is 10.2. The standard InChI is InChI=1S/C15H23N3O3/c1-2-7-21-11-13-6-4-3-5-12(13)9-17-15(20)10-18-14(19)8-16/h3-6H,2,7-11,16H2,1H3,(H,17,20)(H,18,19). The van der Waals surface area contributed by atoms with Crippen molar-refractivity contribution in [3.63, 3.8) is 0 Å². The molecule has 0 aliphatic heterocycles. The van der Waals surface area contributed by atoms with Crippen LogP contribution in [-0.4, -0.2) is 31.5 Å². The van der Waals surface area contributed by atoms with E-state index in [1.807, 2.05) is 24.3 Å². The van der Waals surface area contributed by atoms with Gasteiger partial charge >= 0.3 is 0 Å². The first-order valence-corrected chi connectivity index (χ1v) is 7.05. The van der Waals surface area contributed by atoms with E-state index in [4.69, 9.17) is 10.5 Å². The van der Waals surface area contributed by atoms with Crippen LogP contribution in [0.3, 0.4) is 0 Å². The average molecular weight is 293 g/mol. The van der Waals surface area contributed by atoms with Gasteiger partial charge in [0.25, 0.3) is 0 Å². The largest absolute Gasteiger partial charge is 0.377 e. The second kappa shape index (κ2) is 9.90. The van der Waals surface area contributed by atoms with Crippen LogP contribution in [0.25, 0.3) is 0 Å². The summed E-state index contributed by atoms with van der Waals surface area (Å²) in [5, 5.41) is 5.18. The summed E-state index contributed by atoms with van der Waals surface area (Å²) < 4.78 is 5.53. The van der Waals surface area contributed by atoms with Gasteiger partial charge in [0, 0.05) is 13.2 Å². The van der Waals surface area contributed by atoms with Gasteiger partial charge in [0.15, 0.2) is 0 Å². The molecule has 4 N–H and O–H groups in total. The molecule has 116 valence electrons. The van der Waals surface area contributed by atoms with Crippen LogP contribution >= 0.6 is 0 Å². The highest BCUT2D eigenvalue weighted by Gasteiger charge is 2.06. The summed E-state index contributed by atoms with van der Waals surface area (Å²) in [6, 6.07) is 7.79. The Labute approximate surface area is 125 Å². The van der Waals surface area contributed by atoms with Crippen molar-refractivity contribution in [2.24, 2.45) is 5.73 Å². The number of nitrogens with two attached hydrogens (primary N) is 1. The van der Waals surface area contributed by atoms with Crippen molar-refractivity contribution < 1.29 is 14.3 Å². The highest BCUT2D eigenvalue weighted by atomic mass is 16.5. The summed E-state index contributed by atoms with van der Waals surface area (Å²) in [5.41, 5.74) is 7.20. The van der Waals surface area contributed by atoms with E-state index in [9.17, 15) is 9.59 Å². The monoisotopic (exact) mass is 293 g/mol. The zero-order valence-electron chi connectivity index (χ0n) is 12.4. The minimum absolute atomic E-state index is 0.0649. The van der Waals surface area contributed by atoms with Gasteiger partial charge < -0.3 is 21.1 Å². The molecule has 1 aromatic carbocycles. The molecule has 0 heterocycles. The summed E-state index contributed by atoms with van der Waals surface area (Å²) in [7, 11) is 0. The van der Waals surface area contributed by atoms with Crippen molar-refractivity contribution in [3.05, 3.63) is 35.4 Å². The molecule has 6 heteroatoms. The number of hydrogen-bond donors (Lipinski definition) is 3. The van der Waals surface area contributed by atoms with Gasteiger partial charge in [-0.05, 0) is 17.5 Å². The number of rotatable bonds is 9. The fourth-order valence-corrected chi connectivity index (χ4v) is 1.70. The molecular weight excluding hydrogens is 270 g/mol. The molecule has 6 nitrogen and oxygen atoms in total. The molecule has 1 aromatic rings. The third kappa shape index (κ3) is 6.87. The van der Waals surface area contributed by atoms with E-state index in [0.717, 1.165) is 17.5 Å². The molecule has 0 aromatic heterocycles. The Morgan fingerprint density at radius 1 is 1.14 bits per heavy atom. The zero-order chi connectivity index (χ0) is 15.5. The number of carbonyl (C=O) groups is 2. The molecule has 0 aliphatic carbocycles. The van der Waals surface area contributed by atoms with Crippen molar-refractivity contribution in [1.29, 1.82) is 0 Å². The van der Waals surface area contributed by atoms with Crippen LogP contribution in [-0.2, 0) is 27.5 Å². The van der Waals surface area contributed by atoms with Gasteiger partial charge in [-0.2, -0.15) is 0 Å². The summed E-state index contributed by atoms with van der Waals surface area (Å²) in [5.74, 6) is -0.598. The van der Waals surface area contributed by atoms with Gasteiger partial charge in [0.2, 0.25) is 11.8 Å². The Morgan fingerprint density at radius 2 is 1.86 bits per heavy atom. The number of nitrogens with one attached hydrogen (secondary N) is 2. The van der Waals surface area contributed by atoms with Gasteiger partial charge in [-0.25, -0.2) is 0 Å². The Balaban J connectivity index is 2.43. The van der Waals surface area contributed by atoms with E-state index in [0.29, 0.717) is 19.8 Å². The van der Waals surface area contributed by atoms with Gasteiger partial charge in [0.1, 0.15) is 0 Å². The summed E-state index contributed by atoms with van der Waals surface area (Å²) in [6.45, 7) is 3.52. The Bertz CT molecular complexity index is 463. The molecule has 2 amide bonds. The number of benzene rings is 1. The second-order valence-electron chi connectivity index (χ2n) is 4.58. The van der Waals surface area contributed by atoms with Gasteiger partial charge in [-0.15, -0.1) is 0 Å². The van der Waals surface area contributed by atoms with Gasteiger partial charge in [0.05, 0.1) is 19.7 Å². The number of hydrogen-bond acceptors (Lipinski definition) is 4. The van der Waals surface area contributed by atoms with Crippen molar-refractivity contribution in [2.75, 3.05) is 19.7 Å². The van der Waals surface area contributed by atoms with E-state index in [1.165, 1.54) is 0 Å². The van der Waals surface area contributed by atoms with Crippen LogP contribution in [0.15, 0.2) is 24.3 Å². The normalized spacial score (nSPS) is 10.2. The lowest BCUT2D eigenvalue weighted by atomic mass is 10.1. The Morgan fingerprint density at radius 3 is 2.52 bits per heavy atom. The van der Waals surface area contributed by atoms with Crippen LogP contribution in [0.2, 0.25) is 0 Å². The summed E-state index contributed by atoms with van der Waals surface area (Å²) >= 11 is 0. The first kappa shape index (κ1) is 17.1. The highest BCUT2D eigenvalue weighted by molar-refractivity contribution is 5.85. The molecular formula is C15H23N3O3. The molecule has 0 bridgehead atoms. The van der Waals surface area contributed by atoms with Crippen LogP contribution in [0.5, 0.6) is 0 Å². The van der Waals surface area contributed by atoms with Crippen molar-refractivity contribution in [2.45, 2.75) is 26.5 Å². The fraction of sp³-hybridized carbons (Fsp3) is 0.467. The van der Waals surface area contributed by atoms with Crippen molar-refractivity contribution >= 4 is 11.8 Å². The number of ether oxygens (including phenoxy) is 1. The van der Waals surface area contributed by atoms with E-state index in [2.05, 4.69) is 17.6 Å². The fourth-order valence-electron chi connectivity index (χ4n) is 1.70. The van der Waals surface area contributed by atoms with Gasteiger partial charge in [-0.3, -0.25) is 9.59 Å². The molecule has 0 saturated heterocycles. The maximum absolute atomic E-state index is 11.6. The maximum Gasteiger partial charge on any atom is 0.239 e. The lowest BCUT2D eigenvalue weighted by Crippen LogP contribution is -2.39. The third-order valence-corrected chi connectivity index (χ3v) is 2.83. The zero-order valence-corrected chi connectivity index (χ0v) is 12.4. The summed E-state index contributed by atoms with van der Waals surface area (Å²) in [6.07, 6.45) is 0.972. The molecule has 0 atom stereocenters. The quantitative estimate of drug-likeness (QED) is 0.571.